The molecule has 0 saturated heterocycles. The Bertz CT molecular complexity index is 898. The molecule has 0 spiro atoms. The molecular weight excluding hydrogens is 466 g/mol. The number of allylic oxidation sites excluding steroid dienone is 1. The molecule has 3 nitrogen and oxygen atoms in total. The third-order valence-electron chi connectivity index (χ3n) is 14.7. The molecule has 5 saturated carbocycles. The fourth-order valence-corrected chi connectivity index (χ4v) is 12.7. The van der Waals surface area contributed by atoms with Gasteiger partial charge in [-0.3, -0.25) is 0 Å². The van der Waals surface area contributed by atoms with Gasteiger partial charge in [-0.15, -0.1) is 0 Å². The fraction of sp³-hybridized carbons (Fsp3) is 0.943. The van der Waals surface area contributed by atoms with Gasteiger partial charge in [-0.2, -0.15) is 0 Å². The number of aliphatic hydroxyl groups excluding tert-OH is 1. The van der Waals surface area contributed by atoms with Crippen LogP contribution in [0.5, 0.6) is 0 Å². The van der Waals surface area contributed by atoms with Crippen LogP contribution in [0.2, 0.25) is 0 Å². The fourth-order valence-electron chi connectivity index (χ4n) is 12.7. The van der Waals surface area contributed by atoms with E-state index in [1.165, 1.54) is 69.8 Å². The van der Waals surface area contributed by atoms with Crippen molar-refractivity contribution in [3.63, 3.8) is 0 Å². The average Bonchev–Trinajstić information content (AvgIpc) is 3.22. The molecule has 38 heavy (non-hydrogen) atoms. The quantitative estimate of drug-likeness (QED) is 0.260. The zero-order valence-electron chi connectivity index (χ0n) is 26.3. The minimum Gasteiger partial charge on any atom is -0.393 e. The molecule has 0 radical (unpaired) electrons. The maximum Gasteiger partial charge on any atom is 0.0594 e. The lowest BCUT2D eigenvalue weighted by molar-refractivity contribution is -0.248. The van der Waals surface area contributed by atoms with Crippen LogP contribution >= 0.6 is 0 Å². The molecule has 5 rings (SSSR count). The Hall–Kier alpha value is -0.380. The summed E-state index contributed by atoms with van der Waals surface area (Å²) in [6.07, 6.45) is 14.4. The minimum absolute atomic E-state index is 0.0380. The van der Waals surface area contributed by atoms with Crippen LogP contribution in [0.3, 0.4) is 0 Å². The summed E-state index contributed by atoms with van der Waals surface area (Å²) < 4.78 is 5.34. The minimum atomic E-state index is -0.138. The molecule has 11 atom stereocenters. The van der Waals surface area contributed by atoms with Crippen LogP contribution in [0, 0.1) is 56.7 Å². The molecule has 0 heterocycles. The van der Waals surface area contributed by atoms with E-state index in [0.717, 1.165) is 37.3 Å². The number of nitrogens with one attached hydrogen (secondary N) is 1. The standard InChI is InChI=1S/C35H61NO2/c1-23(2)25-12-17-35(22-24(3)36-20-21-38-9)19-18-33(7)26(30(25)35)10-11-28-32(6)15-14-29(37)31(4,5)27(32)13-16-34(28,33)8/h24-30,36-37H,1,10-22H2,2-9H3/t24?,25-,26+,27-,28+,29-,30+,32-,33+,34+,35+/m0/s1. The molecule has 5 fully saturated rings. The second-order valence-corrected chi connectivity index (χ2v) is 16.5. The number of ether oxygens (including phenoxy) is 1. The van der Waals surface area contributed by atoms with E-state index in [1.807, 2.05) is 0 Å². The van der Waals surface area contributed by atoms with Gasteiger partial charge < -0.3 is 15.2 Å². The molecule has 0 amide bonds. The van der Waals surface area contributed by atoms with Crippen molar-refractivity contribution in [2.45, 2.75) is 131 Å². The maximum atomic E-state index is 11.0. The van der Waals surface area contributed by atoms with Crippen LogP contribution in [0.1, 0.15) is 119 Å². The van der Waals surface area contributed by atoms with E-state index in [-0.39, 0.29) is 11.5 Å². The molecule has 0 aromatic heterocycles. The van der Waals surface area contributed by atoms with Crippen molar-refractivity contribution >= 4 is 0 Å². The van der Waals surface area contributed by atoms with E-state index in [0.29, 0.717) is 39.5 Å². The van der Waals surface area contributed by atoms with E-state index in [4.69, 9.17) is 4.74 Å². The smallest absolute Gasteiger partial charge is 0.0594 e. The third-order valence-corrected chi connectivity index (χ3v) is 14.7. The van der Waals surface area contributed by atoms with Gasteiger partial charge >= 0.3 is 0 Å². The highest BCUT2D eigenvalue weighted by molar-refractivity contribution is 5.21. The van der Waals surface area contributed by atoms with Gasteiger partial charge in [0.1, 0.15) is 0 Å². The molecule has 1 unspecified atom stereocenters. The van der Waals surface area contributed by atoms with Crippen molar-refractivity contribution < 1.29 is 9.84 Å². The Labute approximate surface area is 235 Å². The molecule has 0 aromatic carbocycles. The number of hydrogen-bond acceptors (Lipinski definition) is 3. The number of rotatable bonds is 7. The first kappa shape index (κ1) is 29.1. The van der Waals surface area contributed by atoms with Crippen molar-refractivity contribution in [1.82, 2.24) is 5.32 Å². The van der Waals surface area contributed by atoms with Gasteiger partial charge in [-0.1, -0.05) is 46.8 Å². The maximum absolute atomic E-state index is 11.0. The average molecular weight is 528 g/mol. The van der Waals surface area contributed by atoms with Crippen LogP contribution < -0.4 is 5.32 Å². The van der Waals surface area contributed by atoms with Crippen LogP contribution in [0.4, 0.5) is 0 Å². The monoisotopic (exact) mass is 527 g/mol. The predicted octanol–water partition coefficient (Wildman–Crippen LogP) is 8.02. The lowest BCUT2D eigenvalue weighted by Crippen LogP contribution is -2.66. The summed E-state index contributed by atoms with van der Waals surface area (Å²) in [6.45, 7) is 24.0. The molecule has 218 valence electrons. The van der Waals surface area contributed by atoms with Crippen molar-refractivity contribution in [1.29, 1.82) is 0 Å². The molecular formula is C35H61NO2. The van der Waals surface area contributed by atoms with E-state index >= 15 is 0 Å². The summed E-state index contributed by atoms with van der Waals surface area (Å²) in [5.74, 6) is 3.73. The van der Waals surface area contributed by atoms with Crippen molar-refractivity contribution in [2.75, 3.05) is 20.3 Å². The lowest BCUT2D eigenvalue weighted by atomic mass is 9.32. The van der Waals surface area contributed by atoms with Gasteiger partial charge in [0.2, 0.25) is 0 Å². The first-order valence-electron chi connectivity index (χ1n) is 16.3. The first-order chi connectivity index (χ1) is 17.8. The largest absolute Gasteiger partial charge is 0.393 e. The van der Waals surface area contributed by atoms with Crippen LogP contribution in [0.15, 0.2) is 12.2 Å². The summed E-state index contributed by atoms with van der Waals surface area (Å²) in [4.78, 5) is 0. The Morgan fingerprint density at radius 3 is 2.34 bits per heavy atom. The summed E-state index contributed by atoms with van der Waals surface area (Å²) in [5, 5.41) is 14.8. The van der Waals surface area contributed by atoms with Gasteiger partial charge in [-0.05, 0) is 141 Å². The molecule has 5 aliphatic rings. The second-order valence-electron chi connectivity index (χ2n) is 16.5. The van der Waals surface area contributed by atoms with Crippen LogP contribution in [0.25, 0.3) is 0 Å². The normalized spacial score (nSPS) is 50.3. The first-order valence-corrected chi connectivity index (χ1v) is 16.3. The number of hydrogen-bond donors (Lipinski definition) is 2. The molecule has 5 aliphatic carbocycles. The summed E-state index contributed by atoms with van der Waals surface area (Å²) in [6, 6.07) is 0.540. The summed E-state index contributed by atoms with van der Waals surface area (Å²) in [7, 11) is 1.80. The van der Waals surface area contributed by atoms with Gasteiger partial charge in [0.25, 0.3) is 0 Å². The lowest BCUT2D eigenvalue weighted by Gasteiger charge is -2.73. The zero-order valence-corrected chi connectivity index (χ0v) is 26.3. The van der Waals surface area contributed by atoms with Gasteiger partial charge in [0.15, 0.2) is 0 Å². The van der Waals surface area contributed by atoms with E-state index in [2.05, 4.69) is 60.4 Å². The molecule has 0 aromatic rings. The van der Waals surface area contributed by atoms with Crippen molar-refractivity contribution in [3.8, 4) is 0 Å². The SMILES string of the molecule is C=C(C)[C@@H]1CC[C@]2(CC(C)NCCOC)CC[C@]3(C)[C@H](CC[C@@H]4[C@@]5(C)CC[C@H](O)C(C)(C)[C@@H]5CC[C@]43C)[C@@H]12. The van der Waals surface area contributed by atoms with Gasteiger partial charge in [0.05, 0.1) is 12.7 Å². The molecule has 3 heteroatoms. The molecule has 0 bridgehead atoms. The number of methoxy groups -OCH3 is 1. The zero-order chi connectivity index (χ0) is 27.7. The van der Waals surface area contributed by atoms with Gasteiger partial charge in [-0.25, -0.2) is 0 Å². The van der Waals surface area contributed by atoms with Gasteiger partial charge in [0, 0.05) is 19.7 Å². The number of aliphatic hydroxyl groups is 1. The van der Waals surface area contributed by atoms with Crippen LogP contribution in [-0.2, 0) is 4.74 Å². The van der Waals surface area contributed by atoms with E-state index in [9.17, 15) is 5.11 Å². The predicted molar refractivity (Wildman–Crippen MR) is 159 cm³/mol. The summed E-state index contributed by atoms with van der Waals surface area (Å²) in [5.41, 5.74) is 3.12. The molecule has 2 N–H and O–H groups in total. The topological polar surface area (TPSA) is 41.5 Å². The van der Waals surface area contributed by atoms with E-state index in [1.54, 1.807) is 7.11 Å². The molecule has 0 aliphatic heterocycles. The van der Waals surface area contributed by atoms with Crippen LogP contribution in [-0.4, -0.2) is 37.5 Å². The van der Waals surface area contributed by atoms with E-state index < -0.39 is 0 Å². The Morgan fingerprint density at radius 2 is 1.66 bits per heavy atom. The second kappa shape index (κ2) is 9.87. The van der Waals surface area contributed by atoms with Crippen molar-refractivity contribution in [2.24, 2.45) is 56.7 Å². The number of fused-ring (bicyclic) bond motifs is 7. The Balaban J connectivity index is 1.47. The Morgan fingerprint density at radius 1 is 0.921 bits per heavy atom. The van der Waals surface area contributed by atoms with Crippen molar-refractivity contribution in [3.05, 3.63) is 12.2 Å². The highest BCUT2D eigenvalue weighted by atomic mass is 16.5. The highest BCUT2D eigenvalue weighted by Gasteiger charge is 2.70. The third kappa shape index (κ3) is 4.05. The summed E-state index contributed by atoms with van der Waals surface area (Å²) >= 11 is 0. The Kier molecular flexibility index (Phi) is 7.56. The highest BCUT2D eigenvalue weighted by Crippen LogP contribution is 2.77.